The van der Waals surface area contributed by atoms with Gasteiger partial charge in [0.1, 0.15) is 0 Å². The number of carbonyl (C=O) groups excluding carboxylic acids is 1. The fourth-order valence-corrected chi connectivity index (χ4v) is 4.33. The van der Waals surface area contributed by atoms with Crippen LogP contribution >= 0.6 is 47.8 Å². The zero-order valence-electron chi connectivity index (χ0n) is 13.1. The number of carboxylic acids is 1. The van der Waals surface area contributed by atoms with Crippen molar-refractivity contribution in [2.24, 2.45) is 0 Å². The predicted molar refractivity (Wildman–Crippen MR) is 108 cm³/mol. The van der Waals surface area contributed by atoms with Crippen molar-refractivity contribution in [3.8, 4) is 0 Å². The maximum atomic E-state index is 12.4. The molecule has 2 aromatic rings. The molecule has 0 aliphatic carbocycles. The molecule has 0 aliphatic rings. The molecule has 7 nitrogen and oxygen atoms in total. The number of pyridine rings is 1. The van der Waals surface area contributed by atoms with Gasteiger partial charge in [-0.05, 0) is 78.5 Å². The number of sulfone groups is 1. The number of nitrogens with zero attached hydrogens (tertiary/aromatic N) is 1. The Hall–Kier alpha value is -1.04. The van der Waals surface area contributed by atoms with Crippen LogP contribution in [0.2, 0.25) is 0 Å². The Morgan fingerprint density at radius 1 is 1.15 bits per heavy atom. The first-order valence-corrected chi connectivity index (χ1v) is 11.1. The highest BCUT2D eigenvalue weighted by Gasteiger charge is 2.38. The number of hydrogen-bond donors (Lipinski definition) is 2. The molecule has 2 N–H and O–H groups in total. The van der Waals surface area contributed by atoms with Crippen molar-refractivity contribution in [3.63, 3.8) is 0 Å². The van der Waals surface area contributed by atoms with Crippen molar-refractivity contribution in [2.45, 2.75) is 19.3 Å². The van der Waals surface area contributed by atoms with E-state index in [9.17, 15) is 18.0 Å². The van der Waals surface area contributed by atoms with Crippen LogP contribution < -0.4 is 5.32 Å². The normalized spacial score (nSPS) is 12.1. The summed E-state index contributed by atoms with van der Waals surface area (Å²) in [5.74, 6) is -1.31. The van der Waals surface area contributed by atoms with Crippen LogP contribution in [-0.2, 0) is 14.6 Å². The number of rotatable bonds is 6. The summed E-state index contributed by atoms with van der Waals surface area (Å²) < 4.78 is 23.3. The molecule has 26 heavy (non-hydrogen) atoms. The van der Waals surface area contributed by atoms with Crippen LogP contribution in [0.1, 0.15) is 23.2 Å². The summed E-state index contributed by atoms with van der Waals surface area (Å²) in [4.78, 5) is 26.9. The average molecular weight is 573 g/mol. The van der Waals surface area contributed by atoms with Gasteiger partial charge in [0.2, 0.25) is 11.3 Å². The van der Waals surface area contributed by atoms with E-state index in [4.69, 9.17) is 5.11 Å². The Morgan fingerprint density at radius 2 is 1.85 bits per heavy atom. The molecule has 0 spiro atoms. The van der Waals surface area contributed by atoms with Crippen molar-refractivity contribution in [1.82, 2.24) is 10.3 Å². The zero-order chi connectivity index (χ0) is 19.5. The summed E-state index contributed by atoms with van der Waals surface area (Å²) in [6, 6.07) is 7.63. The van der Waals surface area contributed by atoms with Crippen LogP contribution in [-0.4, -0.2) is 38.4 Å². The van der Waals surface area contributed by atoms with Gasteiger partial charge in [-0.3, -0.25) is 9.59 Å². The van der Waals surface area contributed by atoms with E-state index in [-0.39, 0.29) is 23.9 Å². The first-order chi connectivity index (χ1) is 12.0. The Balaban J connectivity index is 2.31. The number of aromatic nitrogens is 1. The lowest BCUT2D eigenvalue weighted by molar-refractivity contribution is -0.137. The Kier molecular flexibility index (Phi) is 6.81. The number of carbonyl (C=O) groups is 2. The Bertz CT molecular complexity index is 957. The maximum absolute atomic E-state index is 12.4. The van der Waals surface area contributed by atoms with Crippen LogP contribution in [0.3, 0.4) is 0 Å². The lowest BCUT2D eigenvalue weighted by Crippen LogP contribution is -2.25. The second kappa shape index (κ2) is 8.32. The molecule has 140 valence electrons. The maximum Gasteiger partial charge on any atom is 0.303 e. The van der Waals surface area contributed by atoms with E-state index in [1.165, 1.54) is 12.1 Å². The minimum atomic E-state index is -3.84. The molecule has 2 rings (SSSR count). The first kappa shape index (κ1) is 21.3. The second-order valence-electron chi connectivity index (χ2n) is 5.22. The highest BCUT2D eigenvalue weighted by atomic mass is 80.0. The quantitative estimate of drug-likeness (QED) is 0.405. The smallest absolute Gasteiger partial charge is 0.303 e. The number of amides is 1. The molecule has 1 aromatic heterocycles. The van der Waals surface area contributed by atoms with E-state index >= 15 is 0 Å². The lowest BCUT2D eigenvalue weighted by Gasteiger charge is -2.14. The molecule has 11 heteroatoms. The Morgan fingerprint density at radius 3 is 2.46 bits per heavy atom. The van der Waals surface area contributed by atoms with Crippen LogP contribution in [0, 0.1) is 0 Å². The van der Waals surface area contributed by atoms with Gasteiger partial charge in [-0.25, -0.2) is 13.4 Å². The van der Waals surface area contributed by atoms with Crippen LogP contribution in [0.25, 0.3) is 10.9 Å². The standard InChI is InChI=1S/C15H13Br3N2O5S/c16-15(17,18)26(24,25)12-7-6-9-10(3-1-4-11(9)20-12)14(23)19-8-2-5-13(21)22/h1,3-4,6-7H,2,5,8H2,(H,19,23)(H,21,22). The van der Waals surface area contributed by atoms with Gasteiger partial charge in [0.25, 0.3) is 5.91 Å². The van der Waals surface area contributed by atoms with Gasteiger partial charge >= 0.3 is 5.97 Å². The first-order valence-electron chi connectivity index (χ1n) is 7.25. The van der Waals surface area contributed by atoms with E-state index in [2.05, 4.69) is 58.1 Å². The summed E-state index contributed by atoms with van der Waals surface area (Å²) in [6.45, 7) is 0.223. The molecule has 1 amide bonds. The van der Waals surface area contributed by atoms with E-state index in [1.807, 2.05) is 0 Å². The van der Waals surface area contributed by atoms with Crippen molar-refractivity contribution in [2.75, 3.05) is 6.54 Å². The number of alkyl halides is 3. The number of fused-ring (bicyclic) bond motifs is 1. The van der Waals surface area contributed by atoms with Crippen LogP contribution in [0.15, 0.2) is 35.4 Å². The SMILES string of the molecule is O=C(O)CCCNC(=O)c1cccc2nc(S(=O)(=O)C(Br)(Br)Br)ccc12. The third kappa shape index (κ3) is 4.81. The van der Waals surface area contributed by atoms with Crippen molar-refractivity contribution in [3.05, 3.63) is 35.9 Å². The largest absolute Gasteiger partial charge is 0.481 e. The fraction of sp³-hybridized carbons (Fsp3) is 0.267. The number of hydrogen-bond acceptors (Lipinski definition) is 5. The number of benzene rings is 1. The van der Waals surface area contributed by atoms with Gasteiger partial charge in [-0.15, -0.1) is 0 Å². The summed E-state index contributed by atoms with van der Waals surface area (Å²) in [5, 5.41) is 11.6. The molecule has 0 fully saturated rings. The van der Waals surface area contributed by atoms with E-state index in [0.29, 0.717) is 22.9 Å². The minimum Gasteiger partial charge on any atom is -0.481 e. The van der Waals surface area contributed by atoms with E-state index < -0.39 is 17.3 Å². The summed E-state index contributed by atoms with van der Waals surface area (Å²) in [5.41, 5.74) is 0.679. The topological polar surface area (TPSA) is 113 Å². The monoisotopic (exact) mass is 570 g/mol. The van der Waals surface area contributed by atoms with Crippen LogP contribution in [0.5, 0.6) is 0 Å². The van der Waals surface area contributed by atoms with Crippen molar-refractivity contribution in [1.29, 1.82) is 0 Å². The highest BCUT2D eigenvalue weighted by molar-refractivity contribution is 9.42. The number of nitrogens with one attached hydrogen (secondary N) is 1. The van der Waals surface area contributed by atoms with Crippen molar-refractivity contribution >= 4 is 80.4 Å². The van der Waals surface area contributed by atoms with E-state index in [1.54, 1.807) is 18.2 Å². The van der Waals surface area contributed by atoms with Gasteiger partial charge in [0.15, 0.2) is 5.03 Å². The van der Waals surface area contributed by atoms with Gasteiger partial charge in [-0.1, -0.05) is 6.07 Å². The summed E-state index contributed by atoms with van der Waals surface area (Å²) in [6.07, 6.45) is 0.280. The predicted octanol–water partition coefficient (Wildman–Crippen LogP) is 3.40. The molecule has 0 unspecified atom stereocenters. The molecular formula is C15H13Br3N2O5S. The number of carboxylic acid groups (broad SMARTS) is 1. The van der Waals surface area contributed by atoms with Gasteiger partial charge in [0, 0.05) is 23.9 Å². The van der Waals surface area contributed by atoms with E-state index in [0.717, 1.165) is 0 Å². The minimum absolute atomic E-state index is 0.0357. The van der Waals surface area contributed by atoms with Gasteiger partial charge in [-0.2, -0.15) is 0 Å². The number of halogens is 3. The third-order valence-corrected chi connectivity index (χ3v) is 8.61. The van der Waals surface area contributed by atoms with Gasteiger partial charge < -0.3 is 10.4 Å². The second-order valence-corrected chi connectivity index (χ2v) is 15.6. The molecule has 1 heterocycles. The van der Waals surface area contributed by atoms with Crippen LogP contribution in [0.4, 0.5) is 0 Å². The van der Waals surface area contributed by atoms with Gasteiger partial charge in [0.05, 0.1) is 5.52 Å². The number of aliphatic carboxylic acids is 1. The fourth-order valence-electron chi connectivity index (χ4n) is 2.14. The molecule has 0 bridgehead atoms. The molecule has 0 saturated heterocycles. The average Bonchev–Trinajstić information content (AvgIpc) is 2.56. The lowest BCUT2D eigenvalue weighted by atomic mass is 10.1. The molecule has 0 atom stereocenters. The molecule has 0 radical (unpaired) electrons. The molecular weight excluding hydrogens is 560 g/mol. The molecule has 1 aromatic carbocycles. The summed E-state index contributed by atoms with van der Waals surface area (Å²) >= 11 is 8.95. The zero-order valence-corrected chi connectivity index (χ0v) is 18.7. The molecule has 0 aliphatic heterocycles. The highest BCUT2D eigenvalue weighted by Crippen LogP contribution is 2.42. The third-order valence-electron chi connectivity index (χ3n) is 3.38. The Labute approximate surface area is 174 Å². The summed E-state index contributed by atoms with van der Waals surface area (Å²) in [7, 11) is -3.84. The van der Waals surface area contributed by atoms with Crippen molar-refractivity contribution < 1.29 is 23.1 Å². The molecule has 0 saturated carbocycles.